The van der Waals surface area contributed by atoms with E-state index in [-0.39, 0.29) is 0 Å². The molecule has 0 aliphatic heterocycles. The van der Waals surface area contributed by atoms with Crippen molar-refractivity contribution in [3.63, 3.8) is 0 Å². The summed E-state index contributed by atoms with van der Waals surface area (Å²) in [5, 5.41) is 19.1. The van der Waals surface area contributed by atoms with E-state index < -0.39 is 12.2 Å². The highest BCUT2D eigenvalue weighted by Gasteiger charge is 2.06. The van der Waals surface area contributed by atoms with E-state index in [1.54, 1.807) is 24.3 Å². The van der Waals surface area contributed by atoms with Gasteiger partial charge in [-0.3, -0.25) is 0 Å². The molecule has 0 aromatic carbocycles. The zero-order valence-electron chi connectivity index (χ0n) is 9.33. The highest BCUT2D eigenvalue weighted by atomic mass is 16.4. The van der Waals surface area contributed by atoms with Crippen molar-refractivity contribution < 1.29 is 19.0 Å². The second-order valence-electron chi connectivity index (χ2n) is 3.37. The Kier molecular flexibility index (Phi) is 3.88. The lowest BCUT2D eigenvalue weighted by Gasteiger charge is -1.95. The fourth-order valence-electron chi connectivity index (χ4n) is 1.24. The van der Waals surface area contributed by atoms with Gasteiger partial charge in [-0.1, -0.05) is 0 Å². The van der Waals surface area contributed by atoms with Crippen LogP contribution in [0.5, 0.6) is 0 Å². The van der Waals surface area contributed by atoms with Gasteiger partial charge >= 0.3 is 0 Å². The number of furan rings is 2. The third kappa shape index (κ3) is 3.05. The smallest absolute Gasteiger partial charge is 0.173 e. The van der Waals surface area contributed by atoms with Crippen molar-refractivity contribution in [2.24, 2.45) is 0 Å². The van der Waals surface area contributed by atoms with Crippen LogP contribution in [0.2, 0.25) is 0 Å². The average molecular weight is 242 g/mol. The van der Waals surface area contributed by atoms with E-state index in [1.807, 2.05) is 0 Å². The molecule has 2 N–H and O–H groups in total. The molecule has 4 nitrogen and oxygen atoms in total. The van der Waals surface area contributed by atoms with Gasteiger partial charge in [0.05, 0.1) is 12.5 Å². The molecule has 4 heteroatoms. The van der Waals surface area contributed by atoms with E-state index in [9.17, 15) is 10.2 Å². The van der Waals surface area contributed by atoms with Gasteiger partial charge in [0.2, 0.25) is 0 Å². The van der Waals surface area contributed by atoms with E-state index in [2.05, 4.69) is 23.7 Å². The lowest BCUT2D eigenvalue weighted by molar-refractivity contribution is 0.205. The Hall–Kier alpha value is -2.40. The van der Waals surface area contributed by atoms with Gasteiger partial charge in [0.15, 0.2) is 12.2 Å². The molecule has 0 bridgehead atoms. The zero-order chi connectivity index (χ0) is 12.8. The Morgan fingerprint density at radius 1 is 0.833 bits per heavy atom. The Morgan fingerprint density at radius 3 is 1.61 bits per heavy atom. The van der Waals surface area contributed by atoms with Gasteiger partial charge in [0.1, 0.15) is 11.5 Å². The van der Waals surface area contributed by atoms with Crippen LogP contribution in [-0.4, -0.2) is 10.2 Å². The molecule has 0 aliphatic carbocycles. The largest absolute Gasteiger partial charge is 0.466 e. The molecule has 18 heavy (non-hydrogen) atoms. The number of hydrogen-bond acceptors (Lipinski definition) is 4. The molecule has 2 atom stereocenters. The molecular weight excluding hydrogens is 232 g/mol. The summed E-state index contributed by atoms with van der Waals surface area (Å²) in [6.45, 7) is 0. The number of aliphatic hydroxyl groups excluding tert-OH is 2. The van der Waals surface area contributed by atoms with E-state index in [0.29, 0.717) is 11.5 Å². The summed E-state index contributed by atoms with van der Waals surface area (Å²) in [7, 11) is 0. The van der Waals surface area contributed by atoms with E-state index in [1.165, 1.54) is 12.5 Å². The third-order valence-electron chi connectivity index (χ3n) is 2.11. The fraction of sp³-hybridized carbons (Fsp3) is 0.143. The van der Waals surface area contributed by atoms with Crippen LogP contribution < -0.4 is 0 Å². The molecule has 0 amide bonds. The summed E-state index contributed by atoms with van der Waals surface area (Å²) < 4.78 is 9.93. The minimum Gasteiger partial charge on any atom is -0.466 e. The maximum Gasteiger partial charge on any atom is 0.173 e. The van der Waals surface area contributed by atoms with E-state index in [0.717, 1.165) is 0 Å². The minimum atomic E-state index is -1.02. The first-order valence-corrected chi connectivity index (χ1v) is 5.21. The quantitative estimate of drug-likeness (QED) is 0.786. The summed E-state index contributed by atoms with van der Waals surface area (Å²) in [5.41, 5.74) is 0. The van der Waals surface area contributed by atoms with Gasteiger partial charge in [0.25, 0.3) is 0 Å². The Labute approximate surface area is 104 Å². The van der Waals surface area contributed by atoms with Gasteiger partial charge in [-0.05, 0) is 47.9 Å². The van der Waals surface area contributed by atoms with Crippen molar-refractivity contribution in [1.29, 1.82) is 0 Å². The van der Waals surface area contributed by atoms with Crippen molar-refractivity contribution >= 4 is 0 Å². The summed E-state index contributed by atoms with van der Waals surface area (Å²) in [5.74, 6) is 10.6. The molecule has 2 aromatic rings. The summed E-state index contributed by atoms with van der Waals surface area (Å²) in [6, 6.07) is 6.55. The van der Waals surface area contributed by atoms with E-state index in [4.69, 9.17) is 8.83 Å². The number of rotatable bonds is 2. The van der Waals surface area contributed by atoms with Gasteiger partial charge in [-0.15, -0.1) is 0 Å². The lowest BCUT2D eigenvalue weighted by Crippen LogP contribution is -1.91. The highest BCUT2D eigenvalue weighted by molar-refractivity contribution is 5.31. The maximum absolute atomic E-state index is 9.54. The first-order valence-electron chi connectivity index (χ1n) is 5.21. The maximum atomic E-state index is 9.54. The standard InChI is InChI=1S/C14H10O4/c15-11(13-7-3-9-17-13)5-1-2-6-12(16)14-8-4-10-18-14/h3-4,7-12,15-16H. The minimum absolute atomic E-state index is 0.357. The molecule has 0 fully saturated rings. The number of hydrogen-bond donors (Lipinski definition) is 2. The van der Waals surface area contributed by atoms with Crippen LogP contribution in [0.1, 0.15) is 23.7 Å². The second kappa shape index (κ2) is 5.79. The van der Waals surface area contributed by atoms with Crippen molar-refractivity contribution in [1.82, 2.24) is 0 Å². The Bertz CT molecular complexity index is 532. The molecule has 0 spiro atoms. The summed E-state index contributed by atoms with van der Waals surface area (Å²) >= 11 is 0. The average Bonchev–Trinajstić information content (AvgIpc) is 3.05. The molecule has 90 valence electrons. The van der Waals surface area contributed by atoms with E-state index >= 15 is 0 Å². The van der Waals surface area contributed by atoms with Crippen molar-refractivity contribution in [2.75, 3.05) is 0 Å². The Balaban J connectivity index is 1.97. The monoisotopic (exact) mass is 242 g/mol. The summed E-state index contributed by atoms with van der Waals surface area (Å²) in [6.07, 6.45) is 0.865. The molecule has 2 rings (SSSR count). The van der Waals surface area contributed by atoms with Crippen LogP contribution in [0, 0.1) is 23.7 Å². The van der Waals surface area contributed by atoms with Crippen LogP contribution in [0.15, 0.2) is 45.6 Å². The molecule has 2 unspecified atom stereocenters. The van der Waals surface area contributed by atoms with Crippen LogP contribution in [0.3, 0.4) is 0 Å². The van der Waals surface area contributed by atoms with Crippen LogP contribution in [-0.2, 0) is 0 Å². The van der Waals surface area contributed by atoms with Crippen LogP contribution in [0.4, 0.5) is 0 Å². The van der Waals surface area contributed by atoms with Gasteiger partial charge < -0.3 is 19.0 Å². The molecular formula is C14H10O4. The zero-order valence-corrected chi connectivity index (χ0v) is 9.33. The lowest BCUT2D eigenvalue weighted by atomic mass is 10.2. The molecule has 0 saturated heterocycles. The predicted octanol–water partition coefficient (Wildman–Crippen LogP) is 1.65. The van der Waals surface area contributed by atoms with Crippen molar-refractivity contribution in [2.45, 2.75) is 12.2 Å². The molecule has 0 aliphatic rings. The van der Waals surface area contributed by atoms with Crippen molar-refractivity contribution in [3.05, 3.63) is 48.3 Å². The second-order valence-corrected chi connectivity index (χ2v) is 3.37. The van der Waals surface area contributed by atoms with Crippen molar-refractivity contribution in [3.8, 4) is 23.7 Å². The topological polar surface area (TPSA) is 66.7 Å². The number of aliphatic hydroxyl groups is 2. The van der Waals surface area contributed by atoms with Gasteiger partial charge in [0, 0.05) is 0 Å². The SMILES string of the molecule is OC(C#CC#CC(O)c1ccco1)c1ccco1. The fourth-order valence-corrected chi connectivity index (χ4v) is 1.24. The van der Waals surface area contributed by atoms with Gasteiger partial charge in [-0.2, -0.15) is 0 Å². The van der Waals surface area contributed by atoms with Gasteiger partial charge in [-0.25, -0.2) is 0 Å². The first-order chi connectivity index (χ1) is 8.77. The van der Waals surface area contributed by atoms with Crippen LogP contribution >= 0.6 is 0 Å². The normalized spacial score (nSPS) is 12.8. The van der Waals surface area contributed by atoms with Crippen LogP contribution in [0.25, 0.3) is 0 Å². The Morgan fingerprint density at radius 2 is 1.28 bits per heavy atom. The third-order valence-corrected chi connectivity index (χ3v) is 2.11. The molecule has 0 radical (unpaired) electrons. The summed E-state index contributed by atoms with van der Waals surface area (Å²) in [4.78, 5) is 0. The highest BCUT2D eigenvalue weighted by Crippen LogP contribution is 2.12. The molecule has 0 saturated carbocycles. The molecule has 2 aromatic heterocycles. The first kappa shape index (κ1) is 12.1. The molecule has 2 heterocycles. The predicted molar refractivity (Wildman–Crippen MR) is 62.9 cm³/mol.